The largest absolute Gasteiger partial charge is 0.454 e. The number of para-hydroxylation sites is 1. The predicted molar refractivity (Wildman–Crippen MR) is 67.7 cm³/mol. The van der Waals surface area contributed by atoms with Crippen molar-refractivity contribution >= 4 is 23.2 Å². The monoisotopic (exact) mass is 263 g/mol. The van der Waals surface area contributed by atoms with Gasteiger partial charge in [0, 0.05) is 0 Å². The third-order valence-corrected chi connectivity index (χ3v) is 2.77. The fourth-order valence-corrected chi connectivity index (χ4v) is 1.73. The van der Waals surface area contributed by atoms with Gasteiger partial charge in [0.25, 0.3) is 0 Å². The van der Waals surface area contributed by atoms with Gasteiger partial charge in [0.2, 0.25) is 0 Å². The molecule has 0 amide bonds. The lowest BCUT2D eigenvalue weighted by Crippen LogP contribution is -1.89. The lowest BCUT2D eigenvalue weighted by atomic mass is 10.2. The molecule has 0 aliphatic carbocycles. The predicted octanol–water partition coefficient (Wildman–Crippen LogP) is 4.66. The van der Waals surface area contributed by atoms with Gasteiger partial charge in [0.1, 0.15) is 23.1 Å². The number of nitrogens with zero attached hydrogens (tertiary/aromatic N) is 1. The van der Waals surface area contributed by atoms with Crippen molar-refractivity contribution in [3.8, 4) is 17.6 Å². The molecule has 0 spiro atoms. The van der Waals surface area contributed by atoms with Crippen LogP contribution in [0.5, 0.6) is 11.5 Å². The second-order valence-electron chi connectivity index (χ2n) is 3.26. The molecule has 0 aliphatic heterocycles. The molecular formula is C13H7Cl2NO. The Morgan fingerprint density at radius 1 is 0.882 bits per heavy atom. The van der Waals surface area contributed by atoms with Crippen LogP contribution in [0, 0.1) is 11.3 Å². The molecule has 0 saturated carbocycles. The number of ether oxygens (including phenoxy) is 1. The Morgan fingerprint density at radius 3 is 2.24 bits per heavy atom. The fourth-order valence-electron chi connectivity index (χ4n) is 1.34. The van der Waals surface area contributed by atoms with E-state index in [4.69, 9.17) is 33.2 Å². The second kappa shape index (κ2) is 5.09. The molecule has 84 valence electrons. The van der Waals surface area contributed by atoms with Gasteiger partial charge >= 0.3 is 0 Å². The van der Waals surface area contributed by atoms with Crippen LogP contribution in [0.25, 0.3) is 0 Å². The highest BCUT2D eigenvalue weighted by Gasteiger charge is 2.09. The first-order chi connectivity index (χ1) is 8.22. The molecule has 0 atom stereocenters. The summed E-state index contributed by atoms with van der Waals surface area (Å²) in [4.78, 5) is 0. The number of hydrogen-bond donors (Lipinski definition) is 0. The standard InChI is InChI=1S/C13H7Cl2NO/c14-10-5-3-7-12(9(10)8-16)17-13-6-2-1-4-11(13)15/h1-7H. The van der Waals surface area contributed by atoms with Gasteiger partial charge in [0.05, 0.1) is 10.0 Å². The summed E-state index contributed by atoms with van der Waals surface area (Å²) >= 11 is 11.9. The van der Waals surface area contributed by atoms with Crippen LogP contribution in [0.1, 0.15) is 5.56 Å². The van der Waals surface area contributed by atoms with Gasteiger partial charge in [-0.25, -0.2) is 0 Å². The quantitative estimate of drug-likeness (QED) is 0.790. The lowest BCUT2D eigenvalue weighted by Gasteiger charge is -2.09. The molecule has 0 saturated heterocycles. The van der Waals surface area contributed by atoms with Crippen LogP contribution in [0.3, 0.4) is 0 Å². The molecule has 2 nitrogen and oxygen atoms in total. The van der Waals surface area contributed by atoms with E-state index in [0.717, 1.165) is 0 Å². The minimum absolute atomic E-state index is 0.300. The first kappa shape index (κ1) is 11.8. The van der Waals surface area contributed by atoms with E-state index in [-0.39, 0.29) is 0 Å². The summed E-state index contributed by atoms with van der Waals surface area (Å²) in [6.45, 7) is 0. The SMILES string of the molecule is N#Cc1c(Cl)cccc1Oc1ccccc1Cl. The average Bonchev–Trinajstić information content (AvgIpc) is 2.32. The summed E-state index contributed by atoms with van der Waals surface area (Å²) in [5.41, 5.74) is 0.300. The topological polar surface area (TPSA) is 33.0 Å². The van der Waals surface area contributed by atoms with Crippen molar-refractivity contribution in [1.29, 1.82) is 5.26 Å². The third kappa shape index (κ3) is 2.52. The molecule has 0 unspecified atom stereocenters. The molecule has 2 rings (SSSR count). The molecule has 0 aliphatic rings. The van der Waals surface area contributed by atoms with Crippen molar-refractivity contribution in [2.24, 2.45) is 0 Å². The zero-order valence-corrected chi connectivity index (χ0v) is 10.2. The Kier molecular flexibility index (Phi) is 3.53. The van der Waals surface area contributed by atoms with E-state index in [1.54, 1.807) is 42.5 Å². The van der Waals surface area contributed by atoms with E-state index >= 15 is 0 Å². The van der Waals surface area contributed by atoms with Crippen LogP contribution in [0.4, 0.5) is 0 Å². The van der Waals surface area contributed by atoms with Crippen LogP contribution >= 0.6 is 23.2 Å². The molecule has 17 heavy (non-hydrogen) atoms. The van der Waals surface area contributed by atoms with Gasteiger partial charge in [-0.3, -0.25) is 0 Å². The third-order valence-electron chi connectivity index (χ3n) is 2.14. The lowest BCUT2D eigenvalue weighted by molar-refractivity contribution is 0.481. The summed E-state index contributed by atoms with van der Waals surface area (Å²) in [6.07, 6.45) is 0. The first-order valence-electron chi connectivity index (χ1n) is 4.83. The molecule has 2 aromatic rings. The highest BCUT2D eigenvalue weighted by Crippen LogP contribution is 2.33. The first-order valence-corrected chi connectivity index (χ1v) is 5.59. The maximum atomic E-state index is 9.00. The minimum atomic E-state index is 0.300. The van der Waals surface area contributed by atoms with Gasteiger partial charge in [-0.2, -0.15) is 5.26 Å². The second-order valence-corrected chi connectivity index (χ2v) is 4.07. The minimum Gasteiger partial charge on any atom is -0.454 e. The summed E-state index contributed by atoms with van der Waals surface area (Å²) in [5, 5.41) is 9.84. The highest BCUT2D eigenvalue weighted by atomic mass is 35.5. The van der Waals surface area contributed by atoms with Gasteiger partial charge in [-0.1, -0.05) is 41.4 Å². The Balaban J connectivity index is 2.41. The van der Waals surface area contributed by atoms with Crippen LogP contribution in [-0.4, -0.2) is 0 Å². The zero-order chi connectivity index (χ0) is 12.3. The maximum Gasteiger partial charge on any atom is 0.146 e. The summed E-state index contributed by atoms with van der Waals surface area (Å²) in [7, 11) is 0. The van der Waals surface area contributed by atoms with Crippen molar-refractivity contribution in [3.05, 3.63) is 58.1 Å². The zero-order valence-electron chi connectivity index (χ0n) is 8.65. The van der Waals surface area contributed by atoms with Crippen LogP contribution in [-0.2, 0) is 0 Å². The molecule has 4 heteroatoms. The van der Waals surface area contributed by atoms with Crippen molar-refractivity contribution in [3.63, 3.8) is 0 Å². The normalized spacial score (nSPS) is 9.71. The summed E-state index contributed by atoms with van der Waals surface area (Å²) in [5.74, 6) is 0.890. The van der Waals surface area contributed by atoms with Gasteiger partial charge in [0.15, 0.2) is 0 Å². The Bertz CT molecular complexity index is 590. The van der Waals surface area contributed by atoms with Gasteiger partial charge in [-0.05, 0) is 24.3 Å². The van der Waals surface area contributed by atoms with Crippen molar-refractivity contribution < 1.29 is 4.74 Å². The van der Waals surface area contributed by atoms with Crippen LogP contribution in [0.2, 0.25) is 10.0 Å². The Hall–Kier alpha value is -1.69. The number of benzene rings is 2. The van der Waals surface area contributed by atoms with Gasteiger partial charge < -0.3 is 4.74 Å². The summed E-state index contributed by atoms with van der Waals surface area (Å²) < 4.78 is 5.57. The van der Waals surface area contributed by atoms with E-state index in [1.807, 2.05) is 6.07 Å². The molecule has 0 heterocycles. The molecule has 0 N–H and O–H groups in total. The molecule has 0 aromatic heterocycles. The van der Waals surface area contributed by atoms with Crippen LogP contribution in [0.15, 0.2) is 42.5 Å². The average molecular weight is 264 g/mol. The smallest absolute Gasteiger partial charge is 0.146 e. The fraction of sp³-hybridized carbons (Fsp3) is 0. The van der Waals surface area contributed by atoms with Gasteiger partial charge in [-0.15, -0.1) is 0 Å². The molecule has 0 fully saturated rings. The Morgan fingerprint density at radius 2 is 1.53 bits per heavy atom. The molecular weight excluding hydrogens is 257 g/mol. The van der Waals surface area contributed by atoms with E-state index in [2.05, 4.69) is 0 Å². The number of halogens is 2. The number of nitriles is 1. The van der Waals surface area contributed by atoms with E-state index in [9.17, 15) is 0 Å². The van der Waals surface area contributed by atoms with E-state index in [0.29, 0.717) is 27.1 Å². The van der Waals surface area contributed by atoms with Crippen molar-refractivity contribution in [2.45, 2.75) is 0 Å². The summed E-state index contributed by atoms with van der Waals surface area (Å²) in [6, 6.07) is 14.1. The molecule has 0 radical (unpaired) electrons. The Labute approximate surface area is 109 Å². The number of hydrogen-bond acceptors (Lipinski definition) is 2. The number of rotatable bonds is 2. The van der Waals surface area contributed by atoms with E-state index in [1.165, 1.54) is 0 Å². The maximum absolute atomic E-state index is 9.00. The molecule has 2 aromatic carbocycles. The van der Waals surface area contributed by atoms with E-state index < -0.39 is 0 Å². The van der Waals surface area contributed by atoms with Crippen molar-refractivity contribution in [2.75, 3.05) is 0 Å². The molecule has 0 bridgehead atoms. The highest BCUT2D eigenvalue weighted by molar-refractivity contribution is 6.32. The van der Waals surface area contributed by atoms with Crippen molar-refractivity contribution in [1.82, 2.24) is 0 Å². The van der Waals surface area contributed by atoms with Crippen LogP contribution < -0.4 is 4.74 Å².